The number of benzene rings is 2. The first-order valence-corrected chi connectivity index (χ1v) is 10.7. The molecular weight excluding hydrogens is 411 g/mol. The molecule has 1 unspecified atom stereocenters. The number of amides is 2. The normalized spacial score (nSPS) is 12.1. The molecule has 2 amide bonds. The molecule has 2 aromatic rings. The summed E-state index contributed by atoms with van der Waals surface area (Å²) in [5, 5.41) is 0. The smallest absolute Gasteiger partial charge is 0.414 e. The Hall–Kier alpha value is -3.09. The van der Waals surface area contributed by atoms with Crippen LogP contribution in [0.2, 0.25) is 0 Å². The van der Waals surface area contributed by atoms with E-state index in [1.165, 1.54) is 17.0 Å². The van der Waals surface area contributed by atoms with Crippen molar-refractivity contribution in [3.05, 3.63) is 65.5 Å². The van der Waals surface area contributed by atoms with Gasteiger partial charge in [0.25, 0.3) is 0 Å². The molecule has 0 aliphatic heterocycles. The van der Waals surface area contributed by atoms with Crippen molar-refractivity contribution in [2.45, 2.75) is 51.7 Å². The molecule has 1 atom stereocenters. The Morgan fingerprint density at radius 2 is 1.66 bits per heavy atom. The number of carbonyl (C=O) groups is 2. The summed E-state index contributed by atoms with van der Waals surface area (Å²) in [4.78, 5) is 27.6. The highest BCUT2D eigenvalue weighted by atomic mass is 19.1. The van der Waals surface area contributed by atoms with Crippen molar-refractivity contribution in [3.63, 3.8) is 0 Å². The summed E-state index contributed by atoms with van der Waals surface area (Å²) in [7, 11) is 4.93. The molecule has 2 aromatic carbocycles. The molecule has 0 aliphatic carbocycles. The number of carbonyl (C=O) groups excluding carboxylic acids is 2. The Kier molecular flexibility index (Phi) is 8.63. The van der Waals surface area contributed by atoms with Gasteiger partial charge in [-0.3, -0.25) is 0 Å². The Bertz CT molecular complexity index is 907. The summed E-state index contributed by atoms with van der Waals surface area (Å²) in [6, 6.07) is 13.3. The van der Waals surface area contributed by atoms with E-state index in [2.05, 4.69) is 0 Å². The lowest BCUT2D eigenvalue weighted by molar-refractivity contribution is 0.0210. The maximum Gasteiger partial charge on any atom is 0.414 e. The van der Waals surface area contributed by atoms with Gasteiger partial charge in [0.15, 0.2) is 0 Å². The number of nitrogens with zero attached hydrogens (tertiary/aromatic N) is 2. The molecule has 0 aliphatic rings. The second kappa shape index (κ2) is 11.0. The van der Waals surface area contributed by atoms with Crippen molar-refractivity contribution in [2.24, 2.45) is 0 Å². The number of hydrogen-bond acceptors (Lipinski definition) is 4. The molecule has 0 aromatic heterocycles. The van der Waals surface area contributed by atoms with Crippen molar-refractivity contribution in [3.8, 4) is 5.75 Å². The van der Waals surface area contributed by atoms with Gasteiger partial charge in [-0.05, 0) is 75.4 Å². The van der Waals surface area contributed by atoms with Gasteiger partial charge >= 0.3 is 12.2 Å². The van der Waals surface area contributed by atoms with Gasteiger partial charge in [0.1, 0.15) is 17.2 Å². The van der Waals surface area contributed by atoms with Crippen LogP contribution in [0.4, 0.5) is 14.0 Å². The molecule has 174 valence electrons. The molecule has 7 heteroatoms. The van der Waals surface area contributed by atoms with Crippen molar-refractivity contribution < 1.29 is 23.5 Å². The summed E-state index contributed by atoms with van der Waals surface area (Å²) >= 11 is 0. The van der Waals surface area contributed by atoms with E-state index < -0.39 is 17.8 Å². The third-order valence-electron chi connectivity index (χ3n) is 4.82. The minimum absolute atomic E-state index is 0.264. The van der Waals surface area contributed by atoms with Crippen molar-refractivity contribution >= 4 is 12.2 Å². The van der Waals surface area contributed by atoms with E-state index in [1.807, 2.05) is 26.8 Å². The molecule has 6 nitrogen and oxygen atoms in total. The molecule has 0 saturated heterocycles. The highest BCUT2D eigenvalue weighted by molar-refractivity contribution is 5.70. The quantitative estimate of drug-likeness (QED) is 0.540. The fourth-order valence-electron chi connectivity index (χ4n) is 3.17. The van der Waals surface area contributed by atoms with Gasteiger partial charge in [-0.1, -0.05) is 24.3 Å². The SMILES string of the molecule is CN(C)C(=O)Oc1cccc(C(CCCc2ccc(F)cc2)N(C)C(=O)OC(C)(C)C)c1. The van der Waals surface area contributed by atoms with E-state index in [4.69, 9.17) is 9.47 Å². The standard InChI is InChI=1S/C25H33FN2O4/c1-25(2,3)32-24(30)28(6)22(12-7-9-18-13-15-20(26)16-14-18)19-10-8-11-21(17-19)31-23(29)27(4)5/h8,10-11,13-17,22H,7,9,12H2,1-6H3. The minimum Gasteiger partial charge on any atom is -0.444 e. The maximum atomic E-state index is 13.2. The molecule has 0 saturated carbocycles. The lowest BCUT2D eigenvalue weighted by Crippen LogP contribution is -2.36. The Labute approximate surface area is 189 Å². The monoisotopic (exact) mass is 444 g/mol. The van der Waals surface area contributed by atoms with Crippen LogP contribution in [-0.2, 0) is 11.2 Å². The second-order valence-corrected chi connectivity index (χ2v) is 8.96. The zero-order chi connectivity index (χ0) is 23.9. The number of ether oxygens (including phenoxy) is 2. The Morgan fingerprint density at radius 1 is 1.00 bits per heavy atom. The summed E-state index contributed by atoms with van der Waals surface area (Å²) in [6.45, 7) is 5.47. The zero-order valence-corrected chi connectivity index (χ0v) is 19.7. The predicted molar refractivity (Wildman–Crippen MR) is 122 cm³/mol. The number of halogens is 1. The van der Waals surface area contributed by atoms with Gasteiger partial charge < -0.3 is 19.3 Å². The van der Waals surface area contributed by atoms with Gasteiger partial charge in [-0.2, -0.15) is 0 Å². The van der Waals surface area contributed by atoms with Gasteiger partial charge in [0.05, 0.1) is 6.04 Å². The first kappa shape index (κ1) is 25.2. The van der Waals surface area contributed by atoms with Gasteiger partial charge in [-0.25, -0.2) is 14.0 Å². The van der Waals surface area contributed by atoms with Crippen LogP contribution in [0.15, 0.2) is 48.5 Å². The highest BCUT2D eigenvalue weighted by Crippen LogP contribution is 2.29. The summed E-state index contributed by atoms with van der Waals surface area (Å²) in [6.07, 6.45) is 1.26. The average Bonchev–Trinajstić information content (AvgIpc) is 2.71. The highest BCUT2D eigenvalue weighted by Gasteiger charge is 2.26. The lowest BCUT2D eigenvalue weighted by Gasteiger charge is -2.31. The summed E-state index contributed by atoms with van der Waals surface area (Å²) < 4.78 is 24.1. The largest absolute Gasteiger partial charge is 0.444 e. The van der Waals surface area contributed by atoms with Gasteiger partial charge in [0.2, 0.25) is 0 Å². The van der Waals surface area contributed by atoms with E-state index in [0.717, 1.165) is 24.0 Å². The zero-order valence-electron chi connectivity index (χ0n) is 19.7. The van der Waals surface area contributed by atoms with Crippen LogP contribution < -0.4 is 4.74 Å². The van der Waals surface area contributed by atoms with Crippen LogP contribution in [0.3, 0.4) is 0 Å². The average molecular weight is 445 g/mol. The third-order valence-corrected chi connectivity index (χ3v) is 4.82. The van der Waals surface area contributed by atoms with Crippen LogP contribution in [0.25, 0.3) is 0 Å². The van der Waals surface area contributed by atoms with E-state index in [1.54, 1.807) is 56.4 Å². The van der Waals surface area contributed by atoms with Crippen molar-refractivity contribution in [2.75, 3.05) is 21.1 Å². The van der Waals surface area contributed by atoms with Crippen LogP contribution in [-0.4, -0.2) is 48.7 Å². The van der Waals surface area contributed by atoms with Gasteiger partial charge in [0, 0.05) is 21.1 Å². The van der Waals surface area contributed by atoms with E-state index >= 15 is 0 Å². The van der Waals surface area contributed by atoms with Crippen LogP contribution in [0.1, 0.15) is 50.8 Å². The van der Waals surface area contributed by atoms with E-state index in [9.17, 15) is 14.0 Å². The molecule has 0 N–H and O–H groups in total. The first-order chi connectivity index (χ1) is 15.0. The molecule has 0 bridgehead atoms. The van der Waals surface area contributed by atoms with Crippen molar-refractivity contribution in [1.82, 2.24) is 9.80 Å². The maximum absolute atomic E-state index is 13.2. The number of rotatable bonds is 7. The van der Waals surface area contributed by atoms with Crippen molar-refractivity contribution in [1.29, 1.82) is 0 Å². The van der Waals surface area contributed by atoms with Crippen LogP contribution >= 0.6 is 0 Å². The van der Waals surface area contributed by atoms with Gasteiger partial charge in [-0.15, -0.1) is 0 Å². The molecule has 0 spiro atoms. The summed E-state index contributed by atoms with van der Waals surface area (Å²) in [5.41, 5.74) is 1.24. The lowest BCUT2D eigenvalue weighted by atomic mass is 9.98. The molecule has 32 heavy (non-hydrogen) atoms. The third kappa shape index (κ3) is 7.87. The topological polar surface area (TPSA) is 59.1 Å². The predicted octanol–water partition coefficient (Wildman–Crippen LogP) is 5.82. The Morgan fingerprint density at radius 3 is 2.25 bits per heavy atom. The van der Waals surface area contributed by atoms with E-state index in [0.29, 0.717) is 12.2 Å². The minimum atomic E-state index is -0.618. The Balaban J connectivity index is 2.21. The van der Waals surface area contributed by atoms with Crippen LogP contribution in [0, 0.1) is 5.82 Å². The second-order valence-electron chi connectivity index (χ2n) is 8.96. The number of hydrogen-bond donors (Lipinski definition) is 0. The molecule has 0 radical (unpaired) electrons. The van der Waals surface area contributed by atoms with Crippen LogP contribution in [0.5, 0.6) is 5.75 Å². The first-order valence-electron chi connectivity index (χ1n) is 10.7. The van der Waals surface area contributed by atoms with E-state index in [-0.39, 0.29) is 11.9 Å². The number of aryl methyl sites for hydroxylation is 1. The fourth-order valence-corrected chi connectivity index (χ4v) is 3.17. The molecule has 2 rings (SSSR count). The molecular formula is C25H33FN2O4. The molecule has 0 heterocycles. The molecule has 0 fully saturated rings. The summed E-state index contributed by atoms with van der Waals surface area (Å²) in [5.74, 6) is 0.141. The fraction of sp³-hybridized carbons (Fsp3) is 0.440.